The Morgan fingerprint density at radius 2 is 2.06 bits per heavy atom. The Morgan fingerprint density at radius 3 is 2.65 bits per heavy atom. The van der Waals surface area contributed by atoms with Crippen molar-refractivity contribution in [2.75, 3.05) is 11.9 Å². The van der Waals surface area contributed by atoms with Crippen molar-refractivity contribution in [1.82, 2.24) is 5.32 Å². The largest absolute Gasteiger partial charge is 0.368 e. The van der Waals surface area contributed by atoms with Crippen LogP contribution in [0, 0.1) is 0 Å². The van der Waals surface area contributed by atoms with Crippen LogP contribution in [0.25, 0.3) is 0 Å². The second-order valence-electron chi connectivity index (χ2n) is 3.53. The Morgan fingerprint density at radius 1 is 1.41 bits per heavy atom. The third-order valence-corrected chi connectivity index (χ3v) is 2.47. The normalized spacial score (nSPS) is 11.9. The van der Waals surface area contributed by atoms with Crippen LogP contribution in [-0.4, -0.2) is 24.4 Å². The van der Waals surface area contributed by atoms with Gasteiger partial charge in [-0.2, -0.15) is 0 Å². The molecule has 17 heavy (non-hydrogen) atoms. The van der Waals surface area contributed by atoms with Crippen LogP contribution in [0.4, 0.5) is 5.69 Å². The van der Waals surface area contributed by atoms with Crippen molar-refractivity contribution >= 4 is 29.1 Å². The first-order valence-electron chi connectivity index (χ1n) is 5.08. The molecule has 5 nitrogen and oxygen atoms in total. The molecule has 0 fully saturated rings. The number of amides is 2. The maximum Gasteiger partial charge on any atom is 0.238 e. The topological polar surface area (TPSA) is 84.2 Å². The Kier molecular flexibility index (Phi) is 4.93. The Labute approximate surface area is 104 Å². The van der Waals surface area contributed by atoms with E-state index >= 15 is 0 Å². The van der Waals surface area contributed by atoms with Crippen LogP contribution in [0.2, 0.25) is 5.02 Å². The van der Waals surface area contributed by atoms with Gasteiger partial charge in [-0.1, -0.05) is 23.7 Å². The predicted molar refractivity (Wildman–Crippen MR) is 66.7 cm³/mol. The van der Waals surface area contributed by atoms with Gasteiger partial charge < -0.3 is 11.1 Å². The molecule has 0 spiro atoms. The number of para-hydroxylation sites is 1. The number of halogens is 1. The smallest absolute Gasteiger partial charge is 0.238 e. The summed E-state index contributed by atoms with van der Waals surface area (Å²) in [6.07, 6.45) is 0. The van der Waals surface area contributed by atoms with Gasteiger partial charge in [0.2, 0.25) is 11.8 Å². The zero-order valence-corrected chi connectivity index (χ0v) is 10.1. The Balaban J connectivity index is 2.46. The van der Waals surface area contributed by atoms with Gasteiger partial charge in [0.25, 0.3) is 0 Å². The molecule has 0 aliphatic carbocycles. The van der Waals surface area contributed by atoms with Crippen LogP contribution in [0.5, 0.6) is 0 Å². The molecule has 0 saturated carbocycles. The third-order valence-electron chi connectivity index (χ3n) is 2.14. The second-order valence-corrected chi connectivity index (χ2v) is 3.94. The highest BCUT2D eigenvalue weighted by molar-refractivity contribution is 6.33. The molecule has 0 aliphatic heterocycles. The second kappa shape index (κ2) is 6.22. The lowest BCUT2D eigenvalue weighted by Gasteiger charge is -2.10. The number of anilines is 1. The van der Waals surface area contributed by atoms with Crippen LogP contribution in [0.15, 0.2) is 24.3 Å². The minimum atomic E-state index is -0.549. The van der Waals surface area contributed by atoms with Crippen LogP contribution >= 0.6 is 11.6 Å². The highest BCUT2D eigenvalue weighted by Gasteiger charge is 2.10. The molecule has 0 saturated heterocycles. The maximum absolute atomic E-state index is 11.5. The molecule has 1 atom stereocenters. The first-order chi connectivity index (χ1) is 8.00. The molecule has 0 aromatic heterocycles. The third kappa shape index (κ3) is 4.42. The summed E-state index contributed by atoms with van der Waals surface area (Å²) < 4.78 is 0. The molecular formula is C11H14ClN3O2. The summed E-state index contributed by atoms with van der Waals surface area (Å²) in [7, 11) is 0. The summed E-state index contributed by atoms with van der Waals surface area (Å²) in [6.45, 7) is 1.58. The first kappa shape index (κ1) is 13.5. The number of hydrogen-bond acceptors (Lipinski definition) is 3. The van der Waals surface area contributed by atoms with E-state index < -0.39 is 11.9 Å². The van der Waals surface area contributed by atoms with Crippen molar-refractivity contribution in [2.24, 2.45) is 5.73 Å². The average Bonchev–Trinajstić information content (AvgIpc) is 2.29. The van der Waals surface area contributed by atoms with Crippen molar-refractivity contribution in [3.8, 4) is 0 Å². The van der Waals surface area contributed by atoms with Gasteiger partial charge in [0.05, 0.1) is 23.3 Å². The number of carbonyl (C=O) groups is 2. The summed E-state index contributed by atoms with van der Waals surface area (Å²) >= 11 is 5.87. The Bertz CT molecular complexity index is 423. The number of rotatable bonds is 5. The lowest BCUT2D eigenvalue weighted by Crippen LogP contribution is -2.42. The Hall–Kier alpha value is -1.59. The van der Waals surface area contributed by atoms with Crippen molar-refractivity contribution in [3.05, 3.63) is 29.3 Å². The molecule has 1 unspecified atom stereocenters. The van der Waals surface area contributed by atoms with Gasteiger partial charge in [0, 0.05) is 0 Å². The number of carbonyl (C=O) groups excluding carboxylic acids is 2. The zero-order valence-electron chi connectivity index (χ0n) is 9.37. The molecule has 1 aromatic rings. The minimum absolute atomic E-state index is 0.00463. The highest BCUT2D eigenvalue weighted by Crippen LogP contribution is 2.19. The number of hydrogen-bond donors (Lipinski definition) is 3. The van der Waals surface area contributed by atoms with Crippen LogP contribution in [0.3, 0.4) is 0 Å². The van der Waals surface area contributed by atoms with Crippen LogP contribution < -0.4 is 16.4 Å². The van der Waals surface area contributed by atoms with E-state index in [9.17, 15) is 9.59 Å². The fourth-order valence-electron chi connectivity index (χ4n) is 1.10. The number of nitrogens with one attached hydrogen (secondary N) is 2. The molecule has 0 heterocycles. The average molecular weight is 256 g/mol. The van der Waals surface area contributed by atoms with Crippen molar-refractivity contribution in [1.29, 1.82) is 0 Å². The summed E-state index contributed by atoms with van der Waals surface area (Å²) in [5.41, 5.74) is 5.58. The van der Waals surface area contributed by atoms with Gasteiger partial charge >= 0.3 is 0 Å². The summed E-state index contributed by atoms with van der Waals surface area (Å²) in [6, 6.07) is 6.35. The number of primary amides is 1. The molecule has 4 N–H and O–H groups in total. The van der Waals surface area contributed by atoms with Gasteiger partial charge in [-0.3, -0.25) is 14.9 Å². The van der Waals surface area contributed by atoms with E-state index in [2.05, 4.69) is 10.6 Å². The maximum atomic E-state index is 11.5. The molecule has 92 valence electrons. The molecule has 0 radical (unpaired) electrons. The lowest BCUT2D eigenvalue weighted by molar-refractivity contribution is -0.120. The van der Waals surface area contributed by atoms with Gasteiger partial charge in [-0.05, 0) is 19.1 Å². The molecule has 0 aliphatic rings. The first-order valence-corrected chi connectivity index (χ1v) is 5.45. The van der Waals surface area contributed by atoms with E-state index in [1.165, 1.54) is 0 Å². The molecule has 1 rings (SSSR count). The van der Waals surface area contributed by atoms with Crippen LogP contribution in [-0.2, 0) is 9.59 Å². The molecule has 1 aromatic carbocycles. The number of benzene rings is 1. The minimum Gasteiger partial charge on any atom is -0.368 e. The van der Waals surface area contributed by atoms with Crippen molar-refractivity contribution < 1.29 is 9.59 Å². The van der Waals surface area contributed by atoms with E-state index in [1.54, 1.807) is 31.2 Å². The van der Waals surface area contributed by atoms with Gasteiger partial charge in [-0.25, -0.2) is 0 Å². The highest BCUT2D eigenvalue weighted by atomic mass is 35.5. The predicted octanol–water partition coefficient (Wildman–Crippen LogP) is 0.742. The summed E-state index contributed by atoms with van der Waals surface area (Å²) in [5, 5.41) is 5.77. The molecule has 6 heteroatoms. The SMILES string of the molecule is CC(NCC(=O)Nc1ccccc1Cl)C(N)=O. The van der Waals surface area contributed by atoms with E-state index in [-0.39, 0.29) is 12.5 Å². The molecule has 2 amide bonds. The summed E-state index contributed by atoms with van der Waals surface area (Å²) in [5.74, 6) is -0.790. The fraction of sp³-hybridized carbons (Fsp3) is 0.273. The van der Waals surface area contributed by atoms with E-state index in [0.29, 0.717) is 10.7 Å². The summed E-state index contributed by atoms with van der Waals surface area (Å²) in [4.78, 5) is 22.2. The quantitative estimate of drug-likeness (QED) is 0.726. The standard InChI is InChI=1S/C11H14ClN3O2/c1-7(11(13)17)14-6-10(16)15-9-5-3-2-4-8(9)12/h2-5,7,14H,6H2,1H3,(H2,13,17)(H,15,16). The van der Waals surface area contributed by atoms with Gasteiger partial charge in [-0.15, -0.1) is 0 Å². The molecule has 0 bridgehead atoms. The van der Waals surface area contributed by atoms with Crippen molar-refractivity contribution in [2.45, 2.75) is 13.0 Å². The zero-order chi connectivity index (χ0) is 12.8. The van der Waals surface area contributed by atoms with E-state index in [4.69, 9.17) is 17.3 Å². The number of nitrogens with two attached hydrogens (primary N) is 1. The van der Waals surface area contributed by atoms with Gasteiger partial charge in [0.15, 0.2) is 0 Å². The van der Waals surface area contributed by atoms with Gasteiger partial charge in [0.1, 0.15) is 0 Å². The van der Waals surface area contributed by atoms with Crippen LogP contribution in [0.1, 0.15) is 6.92 Å². The lowest BCUT2D eigenvalue weighted by atomic mass is 10.3. The monoisotopic (exact) mass is 255 g/mol. The van der Waals surface area contributed by atoms with Crippen molar-refractivity contribution in [3.63, 3.8) is 0 Å². The van der Waals surface area contributed by atoms with E-state index in [0.717, 1.165) is 0 Å². The van der Waals surface area contributed by atoms with E-state index in [1.807, 2.05) is 0 Å². The molecular weight excluding hydrogens is 242 g/mol. The fourth-order valence-corrected chi connectivity index (χ4v) is 1.29.